The Kier molecular flexibility index (Phi) is 6.07. The van der Waals surface area contributed by atoms with Crippen molar-refractivity contribution in [3.8, 4) is 0 Å². The molecule has 2 aromatic rings. The van der Waals surface area contributed by atoms with Gasteiger partial charge in [0.1, 0.15) is 10.6 Å². The number of carbonyl (C=O) groups is 3. The summed E-state index contributed by atoms with van der Waals surface area (Å²) in [5.41, 5.74) is 0.811. The van der Waals surface area contributed by atoms with E-state index in [4.69, 9.17) is 4.74 Å². The number of urea groups is 1. The van der Waals surface area contributed by atoms with Gasteiger partial charge in [0.05, 0.1) is 17.7 Å². The molecule has 8 nitrogen and oxygen atoms in total. The van der Waals surface area contributed by atoms with Crippen molar-refractivity contribution in [1.82, 2.24) is 14.6 Å². The van der Waals surface area contributed by atoms with E-state index in [0.29, 0.717) is 41.5 Å². The van der Waals surface area contributed by atoms with E-state index in [1.54, 1.807) is 17.9 Å². The number of methoxy groups -OCH3 is 1. The Balaban J connectivity index is 1.53. The molecule has 2 aromatic heterocycles. The van der Waals surface area contributed by atoms with Crippen LogP contribution >= 0.6 is 22.9 Å². The number of thiophene rings is 1. The standard InChI is InChI=1S/C17H20N4O4S2/c1-10-13(16(23)25-2)15(27-20-10)19-17(24)21-7-5-11(6-8-21)18-14(22)12-4-3-9-26-12/h3-4,9,11H,5-8H2,1-2H3,(H,18,22)(H,19,24). The minimum absolute atomic E-state index is 0.0416. The lowest BCUT2D eigenvalue weighted by Crippen LogP contribution is -2.47. The molecule has 0 spiro atoms. The maximum atomic E-state index is 12.5. The van der Waals surface area contributed by atoms with Crippen LogP contribution in [-0.4, -0.2) is 53.4 Å². The van der Waals surface area contributed by atoms with Crippen LogP contribution in [0, 0.1) is 6.92 Å². The fourth-order valence-electron chi connectivity index (χ4n) is 2.86. The normalized spacial score (nSPS) is 14.7. The van der Waals surface area contributed by atoms with E-state index >= 15 is 0 Å². The van der Waals surface area contributed by atoms with E-state index in [9.17, 15) is 14.4 Å². The largest absolute Gasteiger partial charge is 0.465 e. The number of anilines is 1. The smallest absolute Gasteiger partial charge is 0.342 e. The SMILES string of the molecule is COC(=O)c1c(C)nsc1NC(=O)N1CCC(NC(=O)c2cccs2)CC1. The third-order valence-corrected chi connectivity index (χ3v) is 6.06. The average Bonchev–Trinajstić information content (AvgIpc) is 3.32. The number of aromatic nitrogens is 1. The van der Waals surface area contributed by atoms with Gasteiger partial charge in [0, 0.05) is 19.1 Å². The summed E-state index contributed by atoms with van der Waals surface area (Å²) in [4.78, 5) is 38.8. The first-order chi connectivity index (χ1) is 13.0. The molecule has 0 aromatic carbocycles. The highest BCUT2D eigenvalue weighted by Gasteiger charge is 2.27. The quantitative estimate of drug-likeness (QED) is 0.758. The number of esters is 1. The molecule has 1 saturated heterocycles. The van der Waals surface area contributed by atoms with E-state index in [0.717, 1.165) is 11.5 Å². The van der Waals surface area contributed by atoms with E-state index in [-0.39, 0.29) is 23.5 Å². The Morgan fingerprint density at radius 2 is 2.04 bits per heavy atom. The molecule has 2 N–H and O–H groups in total. The Morgan fingerprint density at radius 1 is 1.30 bits per heavy atom. The first-order valence-corrected chi connectivity index (χ1v) is 10.1. The number of ether oxygens (including phenoxy) is 1. The fourth-order valence-corrected chi connectivity index (χ4v) is 4.27. The van der Waals surface area contributed by atoms with Gasteiger partial charge in [-0.15, -0.1) is 11.3 Å². The van der Waals surface area contributed by atoms with Crippen molar-refractivity contribution < 1.29 is 19.1 Å². The number of piperidine rings is 1. The van der Waals surface area contributed by atoms with Crippen LogP contribution in [0.2, 0.25) is 0 Å². The van der Waals surface area contributed by atoms with Crippen molar-refractivity contribution in [2.24, 2.45) is 0 Å². The van der Waals surface area contributed by atoms with Crippen LogP contribution in [0.3, 0.4) is 0 Å². The van der Waals surface area contributed by atoms with Crippen LogP contribution in [-0.2, 0) is 4.74 Å². The topological polar surface area (TPSA) is 101 Å². The number of nitrogens with one attached hydrogen (secondary N) is 2. The maximum absolute atomic E-state index is 12.5. The van der Waals surface area contributed by atoms with Gasteiger partial charge in [-0.25, -0.2) is 9.59 Å². The molecule has 0 bridgehead atoms. The molecule has 0 unspecified atom stereocenters. The number of carbonyl (C=O) groups excluding carboxylic acids is 3. The van der Waals surface area contributed by atoms with E-state index in [1.807, 2.05) is 11.4 Å². The molecule has 3 amide bonds. The highest BCUT2D eigenvalue weighted by molar-refractivity contribution is 7.12. The zero-order valence-corrected chi connectivity index (χ0v) is 16.6. The predicted molar refractivity (Wildman–Crippen MR) is 104 cm³/mol. The number of likely N-dealkylation sites (tertiary alicyclic amines) is 1. The number of rotatable bonds is 4. The zero-order valence-electron chi connectivity index (χ0n) is 15.0. The minimum atomic E-state index is -0.522. The van der Waals surface area contributed by atoms with Crippen molar-refractivity contribution in [2.75, 3.05) is 25.5 Å². The molecule has 0 aliphatic carbocycles. The van der Waals surface area contributed by atoms with Crippen molar-refractivity contribution in [1.29, 1.82) is 0 Å². The molecule has 0 atom stereocenters. The molecular weight excluding hydrogens is 388 g/mol. The van der Waals surface area contributed by atoms with E-state index in [1.165, 1.54) is 18.4 Å². The Morgan fingerprint density at radius 3 is 2.67 bits per heavy atom. The lowest BCUT2D eigenvalue weighted by molar-refractivity contribution is 0.0601. The lowest BCUT2D eigenvalue weighted by atomic mass is 10.1. The van der Waals surface area contributed by atoms with Crippen molar-refractivity contribution in [3.63, 3.8) is 0 Å². The summed E-state index contributed by atoms with van der Waals surface area (Å²) >= 11 is 2.46. The summed E-state index contributed by atoms with van der Waals surface area (Å²) in [6.07, 6.45) is 1.35. The van der Waals surface area contributed by atoms with Crippen molar-refractivity contribution >= 4 is 45.8 Å². The maximum Gasteiger partial charge on any atom is 0.342 e. The molecular formula is C17H20N4O4S2. The Hall–Kier alpha value is -2.46. The highest BCUT2D eigenvalue weighted by atomic mass is 32.1. The number of amides is 3. The lowest BCUT2D eigenvalue weighted by Gasteiger charge is -2.32. The summed E-state index contributed by atoms with van der Waals surface area (Å²) in [5.74, 6) is -0.595. The van der Waals surface area contributed by atoms with Gasteiger partial charge in [0.15, 0.2) is 0 Å². The third kappa shape index (κ3) is 4.45. The molecule has 0 saturated carbocycles. The fraction of sp³-hybridized carbons (Fsp3) is 0.412. The van der Waals surface area contributed by atoms with Gasteiger partial charge in [-0.3, -0.25) is 10.1 Å². The van der Waals surface area contributed by atoms with Crippen LogP contribution in [0.25, 0.3) is 0 Å². The van der Waals surface area contributed by atoms with E-state index < -0.39 is 5.97 Å². The monoisotopic (exact) mass is 408 g/mol. The van der Waals surface area contributed by atoms with Crippen LogP contribution < -0.4 is 10.6 Å². The van der Waals surface area contributed by atoms with Crippen molar-refractivity contribution in [2.45, 2.75) is 25.8 Å². The van der Waals surface area contributed by atoms with Gasteiger partial charge in [-0.2, -0.15) is 4.37 Å². The number of nitrogens with zero attached hydrogens (tertiary/aromatic N) is 2. The molecule has 144 valence electrons. The second-order valence-corrected chi connectivity index (χ2v) is 7.83. The molecule has 3 rings (SSSR count). The molecule has 0 radical (unpaired) electrons. The first-order valence-electron chi connectivity index (χ1n) is 8.44. The Labute approximate surface area is 164 Å². The summed E-state index contributed by atoms with van der Waals surface area (Å²) < 4.78 is 8.86. The van der Waals surface area contributed by atoms with Crippen LogP contribution in [0.15, 0.2) is 17.5 Å². The van der Waals surface area contributed by atoms with E-state index in [2.05, 4.69) is 15.0 Å². The zero-order chi connectivity index (χ0) is 19.4. The Bertz CT molecular complexity index is 826. The molecule has 27 heavy (non-hydrogen) atoms. The molecule has 10 heteroatoms. The summed E-state index contributed by atoms with van der Waals surface area (Å²) in [6.45, 7) is 2.74. The van der Waals surface area contributed by atoms with Gasteiger partial charge < -0.3 is 15.0 Å². The molecule has 1 aliphatic rings. The number of hydrogen-bond donors (Lipinski definition) is 2. The van der Waals surface area contributed by atoms with Gasteiger partial charge in [0.25, 0.3) is 5.91 Å². The van der Waals surface area contributed by atoms with Gasteiger partial charge >= 0.3 is 12.0 Å². The summed E-state index contributed by atoms with van der Waals surface area (Å²) in [6, 6.07) is 3.39. The first kappa shape index (κ1) is 19.3. The number of aryl methyl sites for hydroxylation is 1. The van der Waals surface area contributed by atoms with Gasteiger partial charge in [-0.05, 0) is 42.7 Å². The summed E-state index contributed by atoms with van der Waals surface area (Å²) in [7, 11) is 1.29. The second-order valence-electron chi connectivity index (χ2n) is 6.11. The summed E-state index contributed by atoms with van der Waals surface area (Å²) in [5, 5.41) is 8.01. The third-order valence-electron chi connectivity index (χ3n) is 4.34. The van der Waals surface area contributed by atoms with Gasteiger partial charge in [0.2, 0.25) is 0 Å². The van der Waals surface area contributed by atoms with Crippen molar-refractivity contribution in [3.05, 3.63) is 33.6 Å². The second kappa shape index (κ2) is 8.49. The molecule has 1 fully saturated rings. The highest BCUT2D eigenvalue weighted by Crippen LogP contribution is 2.26. The average molecular weight is 409 g/mol. The van der Waals surface area contributed by atoms with Crippen LogP contribution in [0.1, 0.15) is 38.6 Å². The minimum Gasteiger partial charge on any atom is -0.465 e. The van der Waals surface area contributed by atoms with Gasteiger partial charge in [-0.1, -0.05) is 6.07 Å². The van der Waals surface area contributed by atoms with Crippen LogP contribution in [0.4, 0.5) is 9.80 Å². The predicted octanol–water partition coefficient (Wildman–Crippen LogP) is 2.73. The molecule has 1 aliphatic heterocycles. The molecule has 3 heterocycles. The number of hydrogen-bond acceptors (Lipinski definition) is 7. The van der Waals surface area contributed by atoms with Crippen LogP contribution in [0.5, 0.6) is 0 Å².